The Bertz CT molecular complexity index is 1040. The van der Waals surface area contributed by atoms with Crippen LogP contribution in [0, 0.1) is 6.92 Å². The summed E-state index contributed by atoms with van der Waals surface area (Å²) in [7, 11) is 2.89. The lowest BCUT2D eigenvalue weighted by molar-refractivity contribution is -0.119. The average molecular weight is 421 g/mol. The number of amides is 1. The Balaban J connectivity index is 1.54. The smallest absolute Gasteiger partial charge is 0.342 e. The van der Waals surface area contributed by atoms with Crippen LogP contribution in [-0.2, 0) is 9.53 Å². The van der Waals surface area contributed by atoms with E-state index in [0.717, 1.165) is 11.3 Å². The zero-order valence-electron chi connectivity index (χ0n) is 17.5. The van der Waals surface area contributed by atoms with E-state index in [9.17, 15) is 9.59 Å². The highest BCUT2D eigenvalue weighted by atomic mass is 16.5. The lowest BCUT2D eigenvalue weighted by atomic mass is 10.2. The number of esters is 1. The minimum Gasteiger partial charge on any atom is -0.493 e. The molecule has 7 nitrogen and oxygen atoms in total. The zero-order valence-corrected chi connectivity index (χ0v) is 17.5. The normalized spacial score (nSPS) is 10.2. The largest absolute Gasteiger partial charge is 0.493 e. The van der Waals surface area contributed by atoms with Crippen molar-refractivity contribution in [3.8, 4) is 23.0 Å². The molecular weight excluding hydrogens is 398 g/mol. The van der Waals surface area contributed by atoms with Crippen LogP contribution in [0.25, 0.3) is 0 Å². The Kier molecular flexibility index (Phi) is 7.11. The number of ether oxygens (including phenoxy) is 4. The summed E-state index contributed by atoms with van der Waals surface area (Å²) in [6.07, 6.45) is 0. The van der Waals surface area contributed by atoms with Crippen molar-refractivity contribution in [2.24, 2.45) is 0 Å². The molecular formula is C24H23NO6. The van der Waals surface area contributed by atoms with Crippen LogP contribution in [0.4, 0.5) is 5.69 Å². The molecule has 31 heavy (non-hydrogen) atoms. The molecule has 0 fully saturated rings. The van der Waals surface area contributed by atoms with Gasteiger partial charge in [0.2, 0.25) is 0 Å². The number of nitrogens with one attached hydrogen (secondary N) is 1. The maximum Gasteiger partial charge on any atom is 0.342 e. The van der Waals surface area contributed by atoms with Crippen molar-refractivity contribution >= 4 is 17.6 Å². The van der Waals surface area contributed by atoms with E-state index in [1.807, 2.05) is 31.2 Å². The number of methoxy groups -OCH3 is 2. The first-order valence-electron chi connectivity index (χ1n) is 9.52. The second-order valence-corrected chi connectivity index (χ2v) is 6.60. The molecule has 0 heterocycles. The van der Waals surface area contributed by atoms with E-state index in [1.165, 1.54) is 20.3 Å². The van der Waals surface area contributed by atoms with Crippen LogP contribution in [-0.4, -0.2) is 32.7 Å². The third kappa shape index (κ3) is 5.76. The zero-order chi connectivity index (χ0) is 22.2. The predicted molar refractivity (Wildman–Crippen MR) is 116 cm³/mol. The van der Waals surface area contributed by atoms with Crippen molar-refractivity contribution in [3.63, 3.8) is 0 Å². The minimum absolute atomic E-state index is 0.173. The SMILES string of the molecule is COc1cccc(C(=O)OCC(=O)Nc2ccc(Oc3ccc(C)cc3)cc2)c1OC. The van der Waals surface area contributed by atoms with Crippen molar-refractivity contribution < 1.29 is 28.5 Å². The van der Waals surface area contributed by atoms with E-state index < -0.39 is 18.5 Å². The number of rotatable bonds is 8. The Labute approximate surface area is 180 Å². The van der Waals surface area contributed by atoms with Gasteiger partial charge < -0.3 is 24.3 Å². The van der Waals surface area contributed by atoms with Gasteiger partial charge in [0.05, 0.1) is 14.2 Å². The van der Waals surface area contributed by atoms with E-state index in [2.05, 4.69) is 5.32 Å². The third-order valence-electron chi connectivity index (χ3n) is 4.35. The van der Waals surface area contributed by atoms with E-state index in [4.69, 9.17) is 18.9 Å². The van der Waals surface area contributed by atoms with E-state index in [0.29, 0.717) is 17.2 Å². The van der Waals surface area contributed by atoms with Crippen LogP contribution in [0.5, 0.6) is 23.0 Å². The third-order valence-corrected chi connectivity index (χ3v) is 4.35. The summed E-state index contributed by atoms with van der Waals surface area (Å²) in [5.74, 6) is 0.852. The fourth-order valence-electron chi connectivity index (χ4n) is 2.80. The Morgan fingerprint density at radius 2 is 1.48 bits per heavy atom. The fraction of sp³-hybridized carbons (Fsp3) is 0.167. The fourth-order valence-corrected chi connectivity index (χ4v) is 2.80. The van der Waals surface area contributed by atoms with Crippen LogP contribution in [0.15, 0.2) is 66.7 Å². The van der Waals surface area contributed by atoms with Gasteiger partial charge in [-0.25, -0.2) is 4.79 Å². The molecule has 0 saturated heterocycles. The van der Waals surface area contributed by atoms with Crippen LogP contribution < -0.4 is 19.5 Å². The maximum atomic E-state index is 12.3. The van der Waals surface area contributed by atoms with Gasteiger partial charge in [0.25, 0.3) is 5.91 Å². The molecule has 0 aromatic heterocycles. The predicted octanol–water partition coefficient (Wildman–Crippen LogP) is 4.60. The molecule has 0 radical (unpaired) electrons. The number of carbonyl (C=O) groups is 2. The van der Waals surface area contributed by atoms with Crippen molar-refractivity contribution in [1.82, 2.24) is 0 Å². The summed E-state index contributed by atoms with van der Waals surface area (Å²) >= 11 is 0. The molecule has 160 valence electrons. The lowest BCUT2D eigenvalue weighted by Gasteiger charge is -2.12. The number of para-hydroxylation sites is 1. The molecule has 3 aromatic rings. The summed E-state index contributed by atoms with van der Waals surface area (Å²) < 4.78 is 21.2. The van der Waals surface area contributed by atoms with E-state index in [1.54, 1.807) is 36.4 Å². The maximum absolute atomic E-state index is 12.3. The molecule has 1 amide bonds. The van der Waals surface area contributed by atoms with Gasteiger partial charge in [-0.2, -0.15) is 0 Å². The molecule has 0 spiro atoms. The first-order chi connectivity index (χ1) is 15.0. The quantitative estimate of drug-likeness (QED) is 0.535. The molecule has 0 bridgehead atoms. The highest BCUT2D eigenvalue weighted by molar-refractivity contribution is 5.97. The first-order valence-corrected chi connectivity index (χ1v) is 9.52. The van der Waals surface area contributed by atoms with Gasteiger partial charge in [0.15, 0.2) is 18.1 Å². The number of aryl methyl sites for hydroxylation is 1. The second-order valence-electron chi connectivity index (χ2n) is 6.60. The standard InChI is InChI=1S/C24H23NO6/c1-16-7-11-18(12-8-16)31-19-13-9-17(10-14-19)25-22(26)15-30-24(27)20-5-4-6-21(28-2)23(20)29-3/h4-14H,15H2,1-3H3,(H,25,26). The van der Waals surface area contributed by atoms with Gasteiger partial charge in [-0.15, -0.1) is 0 Å². The van der Waals surface area contributed by atoms with Gasteiger partial charge in [-0.3, -0.25) is 4.79 Å². The van der Waals surface area contributed by atoms with Crippen molar-refractivity contribution in [1.29, 1.82) is 0 Å². The average Bonchev–Trinajstić information content (AvgIpc) is 2.79. The molecule has 3 rings (SSSR count). The van der Waals surface area contributed by atoms with Crippen LogP contribution in [0.2, 0.25) is 0 Å². The highest BCUT2D eigenvalue weighted by Crippen LogP contribution is 2.31. The molecule has 0 atom stereocenters. The topological polar surface area (TPSA) is 83.1 Å². The number of benzene rings is 3. The van der Waals surface area contributed by atoms with Gasteiger partial charge in [0.1, 0.15) is 17.1 Å². The molecule has 0 aliphatic rings. The summed E-state index contributed by atoms with van der Waals surface area (Å²) in [6.45, 7) is 1.56. The summed E-state index contributed by atoms with van der Waals surface area (Å²) in [4.78, 5) is 24.5. The van der Waals surface area contributed by atoms with Crippen LogP contribution in [0.1, 0.15) is 15.9 Å². The monoisotopic (exact) mass is 421 g/mol. The summed E-state index contributed by atoms with van der Waals surface area (Å²) in [5.41, 5.74) is 1.87. The molecule has 0 aliphatic carbocycles. The molecule has 0 unspecified atom stereocenters. The van der Waals surface area contributed by atoms with Gasteiger partial charge >= 0.3 is 5.97 Å². The van der Waals surface area contributed by atoms with Crippen molar-refractivity contribution in [2.45, 2.75) is 6.92 Å². The molecule has 1 N–H and O–H groups in total. The molecule has 7 heteroatoms. The highest BCUT2D eigenvalue weighted by Gasteiger charge is 2.18. The number of carbonyl (C=O) groups excluding carboxylic acids is 2. The van der Waals surface area contributed by atoms with Crippen molar-refractivity contribution in [3.05, 3.63) is 77.9 Å². The number of hydrogen-bond acceptors (Lipinski definition) is 6. The van der Waals surface area contributed by atoms with Gasteiger partial charge in [-0.1, -0.05) is 23.8 Å². The van der Waals surface area contributed by atoms with Gasteiger partial charge in [0, 0.05) is 5.69 Å². The minimum atomic E-state index is -0.687. The second kappa shape index (κ2) is 10.2. The number of anilines is 1. The number of hydrogen-bond donors (Lipinski definition) is 1. The van der Waals surface area contributed by atoms with Crippen LogP contribution in [0.3, 0.4) is 0 Å². The summed E-state index contributed by atoms with van der Waals surface area (Å²) in [6, 6.07) is 19.4. The Morgan fingerprint density at radius 1 is 0.839 bits per heavy atom. The van der Waals surface area contributed by atoms with E-state index >= 15 is 0 Å². The van der Waals surface area contributed by atoms with E-state index in [-0.39, 0.29) is 11.3 Å². The van der Waals surface area contributed by atoms with Crippen molar-refractivity contribution in [2.75, 3.05) is 26.1 Å². The lowest BCUT2D eigenvalue weighted by Crippen LogP contribution is -2.21. The summed E-state index contributed by atoms with van der Waals surface area (Å²) in [5, 5.41) is 2.67. The molecule has 3 aromatic carbocycles. The Hall–Kier alpha value is -4.00. The first kappa shape index (κ1) is 21.7. The van der Waals surface area contributed by atoms with Crippen LogP contribution >= 0.6 is 0 Å². The van der Waals surface area contributed by atoms with Gasteiger partial charge in [-0.05, 0) is 55.5 Å². The molecule has 0 saturated carbocycles. The molecule has 0 aliphatic heterocycles. The Morgan fingerprint density at radius 3 is 2.10 bits per heavy atom.